The minimum Gasteiger partial charge on any atom is -0.356 e. The second-order valence-corrected chi connectivity index (χ2v) is 4.27. The number of alkyl halides is 3. The van der Waals surface area contributed by atoms with E-state index in [0.29, 0.717) is 5.69 Å². The fourth-order valence-electron chi connectivity index (χ4n) is 1.91. The molecule has 8 heteroatoms. The monoisotopic (exact) mass is 510 g/mol. The molecule has 0 saturated heterocycles. The molecule has 2 heterocycles. The zero-order chi connectivity index (χ0) is 14.3. The fraction of sp³-hybridized carbons (Fsp3) is 0.143. The number of imidazole rings is 1. The largest absolute Gasteiger partial charge is 0.433 e. The van der Waals surface area contributed by atoms with Crippen molar-refractivity contribution in [2.45, 2.75) is 13.1 Å². The molecular formula is C14H8F3N3VW-2. The van der Waals surface area contributed by atoms with Crippen molar-refractivity contribution in [1.29, 1.82) is 0 Å². The van der Waals surface area contributed by atoms with Crippen LogP contribution in [0.15, 0.2) is 30.6 Å². The summed E-state index contributed by atoms with van der Waals surface area (Å²) in [4.78, 5) is 7.44. The molecule has 0 aliphatic rings. The van der Waals surface area contributed by atoms with E-state index in [1.165, 1.54) is 16.8 Å². The molecule has 0 unspecified atom stereocenters. The molecule has 22 heavy (non-hydrogen) atoms. The fourth-order valence-corrected chi connectivity index (χ4v) is 1.91. The summed E-state index contributed by atoms with van der Waals surface area (Å²) in [5, 5.41) is 0. The average Bonchev–Trinajstić information content (AvgIpc) is 2.80. The van der Waals surface area contributed by atoms with Crippen LogP contribution in [0.5, 0.6) is 0 Å². The normalized spacial score (nSPS) is 10.9. The summed E-state index contributed by atoms with van der Waals surface area (Å²) in [6.07, 6.45) is -1.68. The Bertz CT molecular complexity index is 786. The molecule has 1 aromatic carbocycles. The van der Waals surface area contributed by atoms with Crippen molar-refractivity contribution in [2.75, 3.05) is 0 Å². The number of fused-ring (bicyclic) bond motifs is 1. The average molecular weight is 510 g/mol. The van der Waals surface area contributed by atoms with Crippen LogP contribution in [0.3, 0.4) is 0 Å². The third-order valence-corrected chi connectivity index (χ3v) is 2.82. The van der Waals surface area contributed by atoms with Gasteiger partial charge < -0.3 is 12.1 Å². The van der Waals surface area contributed by atoms with E-state index in [1.807, 2.05) is 6.92 Å². The van der Waals surface area contributed by atoms with Crippen LogP contribution >= 0.6 is 0 Å². The van der Waals surface area contributed by atoms with E-state index in [-0.39, 0.29) is 45.4 Å². The number of aromatic nitrogens is 3. The Morgan fingerprint density at radius 3 is 2.59 bits per heavy atom. The van der Waals surface area contributed by atoms with Gasteiger partial charge in [-0.3, -0.25) is 22.1 Å². The molecule has 113 valence electrons. The molecule has 2 aromatic heterocycles. The first-order valence-electron chi connectivity index (χ1n) is 5.77. The molecule has 0 aliphatic heterocycles. The molecule has 0 amide bonds. The van der Waals surface area contributed by atoms with E-state index in [4.69, 9.17) is 0 Å². The van der Waals surface area contributed by atoms with Gasteiger partial charge in [0.15, 0.2) is 0 Å². The number of aryl methyl sites for hydroxylation is 1. The summed E-state index contributed by atoms with van der Waals surface area (Å²) >= 11 is 0. The summed E-state index contributed by atoms with van der Waals surface area (Å²) in [5.74, 6) is 0.00807. The summed E-state index contributed by atoms with van der Waals surface area (Å²) in [7, 11) is 0. The van der Waals surface area contributed by atoms with Crippen molar-refractivity contribution in [3.05, 3.63) is 54.0 Å². The maximum Gasteiger partial charge on any atom is 0.433 e. The molecular weight excluding hydrogens is 502 g/mol. The quantitative estimate of drug-likeness (QED) is 0.471. The number of rotatable bonds is 1. The van der Waals surface area contributed by atoms with E-state index in [1.54, 1.807) is 12.1 Å². The topological polar surface area (TPSA) is 30.2 Å². The van der Waals surface area contributed by atoms with E-state index >= 15 is 0 Å². The van der Waals surface area contributed by atoms with Crippen LogP contribution in [0.4, 0.5) is 13.2 Å². The first-order chi connectivity index (χ1) is 9.45. The number of halogens is 3. The number of hydrogen-bond donors (Lipinski definition) is 0. The van der Waals surface area contributed by atoms with Crippen LogP contribution in [-0.2, 0) is 45.8 Å². The summed E-state index contributed by atoms with van der Waals surface area (Å²) in [6.45, 7) is 1.84. The van der Waals surface area contributed by atoms with Crippen molar-refractivity contribution >= 4 is 5.78 Å². The molecule has 3 nitrogen and oxygen atoms in total. The molecule has 0 atom stereocenters. The molecule has 0 bridgehead atoms. The maximum atomic E-state index is 12.6. The van der Waals surface area contributed by atoms with Crippen LogP contribution in [0.25, 0.3) is 17.0 Å². The van der Waals surface area contributed by atoms with Gasteiger partial charge in [0.1, 0.15) is 5.69 Å². The van der Waals surface area contributed by atoms with Crippen LogP contribution in [-0.4, -0.2) is 14.4 Å². The van der Waals surface area contributed by atoms with Gasteiger partial charge in [-0.25, -0.2) is 15.5 Å². The Hall–Kier alpha value is -1.10. The predicted molar refractivity (Wildman–Crippen MR) is 65.8 cm³/mol. The number of hydrogen-bond acceptors (Lipinski definition) is 2. The summed E-state index contributed by atoms with van der Waals surface area (Å²) in [6, 6.07) is 10.5. The van der Waals surface area contributed by atoms with Gasteiger partial charge in [-0.05, 0) is 6.07 Å². The van der Waals surface area contributed by atoms with Crippen LogP contribution < -0.4 is 0 Å². The first kappa shape index (κ1) is 19.0. The predicted octanol–water partition coefficient (Wildman–Crippen LogP) is 3.32. The van der Waals surface area contributed by atoms with Crippen LogP contribution in [0.2, 0.25) is 0 Å². The molecule has 0 N–H and O–H groups in total. The van der Waals surface area contributed by atoms with Crippen molar-refractivity contribution in [3.63, 3.8) is 0 Å². The molecule has 0 fully saturated rings. The third-order valence-electron chi connectivity index (χ3n) is 2.82. The van der Waals surface area contributed by atoms with Gasteiger partial charge in [-0.15, -0.1) is 0 Å². The van der Waals surface area contributed by atoms with Gasteiger partial charge in [0.25, 0.3) is 0 Å². The Kier molecular flexibility index (Phi) is 6.02. The van der Waals surface area contributed by atoms with Crippen molar-refractivity contribution in [1.82, 2.24) is 14.4 Å². The number of benzene rings is 1. The number of nitrogens with zero attached hydrogens (tertiary/aromatic N) is 3. The molecule has 3 rings (SSSR count). The maximum absolute atomic E-state index is 12.6. The van der Waals surface area contributed by atoms with Gasteiger partial charge in [0.05, 0.1) is 6.20 Å². The zero-order valence-corrected chi connectivity index (χ0v) is 15.5. The van der Waals surface area contributed by atoms with Gasteiger partial charge in [0.2, 0.25) is 5.78 Å². The summed E-state index contributed by atoms with van der Waals surface area (Å²) < 4.78 is 39.3. The van der Waals surface area contributed by atoms with E-state index < -0.39 is 11.9 Å². The molecule has 1 radical (unpaired) electrons. The van der Waals surface area contributed by atoms with Crippen molar-refractivity contribution in [3.8, 4) is 11.3 Å². The third kappa shape index (κ3) is 3.62. The molecule has 3 aromatic rings. The second-order valence-electron chi connectivity index (χ2n) is 4.27. The van der Waals surface area contributed by atoms with E-state index in [9.17, 15) is 13.2 Å². The van der Waals surface area contributed by atoms with Crippen molar-refractivity contribution in [2.24, 2.45) is 0 Å². The van der Waals surface area contributed by atoms with Crippen LogP contribution in [0.1, 0.15) is 11.3 Å². The Morgan fingerprint density at radius 1 is 1.23 bits per heavy atom. The minimum atomic E-state index is -4.47. The zero-order valence-electron chi connectivity index (χ0n) is 11.2. The molecule has 0 aliphatic carbocycles. The summed E-state index contributed by atoms with van der Waals surface area (Å²) in [5.41, 5.74) is 1.23. The standard InChI is InChI=1S/C14H8F3N3.V.W/c1-9-3-2-4-10(7-9)11-8-18-13-19-12(14(15,16)17)5-6-20(11)13;;/h2,4-6,8H,1H3;;/q-2;;. The minimum absolute atomic E-state index is 0. The van der Waals surface area contributed by atoms with Crippen LogP contribution in [0, 0.1) is 19.1 Å². The van der Waals surface area contributed by atoms with Gasteiger partial charge in [0, 0.05) is 51.5 Å². The second kappa shape index (κ2) is 6.99. The van der Waals surface area contributed by atoms with E-state index in [0.717, 1.165) is 17.2 Å². The van der Waals surface area contributed by atoms with Gasteiger partial charge in [-0.2, -0.15) is 13.2 Å². The Morgan fingerprint density at radius 2 is 1.95 bits per heavy atom. The smallest absolute Gasteiger partial charge is 0.356 e. The van der Waals surface area contributed by atoms with Crippen molar-refractivity contribution < 1.29 is 52.8 Å². The Labute approximate surface area is 151 Å². The van der Waals surface area contributed by atoms with Gasteiger partial charge >= 0.3 is 6.18 Å². The Balaban J connectivity index is 0.00000121. The van der Waals surface area contributed by atoms with E-state index in [2.05, 4.69) is 22.1 Å². The molecule has 0 saturated carbocycles. The molecule has 0 spiro atoms. The van der Waals surface area contributed by atoms with Gasteiger partial charge in [-0.1, -0.05) is 6.92 Å². The first-order valence-corrected chi connectivity index (χ1v) is 5.77. The SMILES string of the molecule is Cc1[c-]ccc(-c2cnc3nc(C(F)(F)F)ccn23)[c-]1.[V].[W].